The van der Waals surface area contributed by atoms with E-state index in [0.717, 1.165) is 31.8 Å². The summed E-state index contributed by atoms with van der Waals surface area (Å²) < 4.78 is 5.73. The zero-order valence-corrected chi connectivity index (χ0v) is 16.5. The van der Waals surface area contributed by atoms with E-state index in [1.54, 1.807) is 7.11 Å². The highest BCUT2D eigenvalue weighted by molar-refractivity contribution is 5.61. The van der Waals surface area contributed by atoms with E-state index in [1.165, 1.54) is 41.6 Å². The van der Waals surface area contributed by atoms with Gasteiger partial charge >= 0.3 is 0 Å². The molecule has 2 aromatic carbocycles. The van der Waals surface area contributed by atoms with Crippen molar-refractivity contribution < 1.29 is 4.74 Å². The van der Waals surface area contributed by atoms with Crippen molar-refractivity contribution in [2.45, 2.75) is 44.3 Å². The third-order valence-corrected chi connectivity index (χ3v) is 6.00. The maximum absolute atomic E-state index is 5.73. The largest absolute Gasteiger partial charge is 0.496 e. The van der Waals surface area contributed by atoms with Crippen LogP contribution in [0, 0.1) is 0 Å². The summed E-state index contributed by atoms with van der Waals surface area (Å²) in [4.78, 5) is 2.34. The molecule has 0 bridgehead atoms. The number of nitrogens with one attached hydrogen (secondary N) is 2. The van der Waals surface area contributed by atoms with Crippen LogP contribution in [-0.4, -0.2) is 33.3 Å². The van der Waals surface area contributed by atoms with Gasteiger partial charge in [-0.05, 0) is 49.4 Å². The molecule has 2 heterocycles. The van der Waals surface area contributed by atoms with Crippen LogP contribution in [0.15, 0.2) is 42.5 Å². The monoisotopic (exact) mass is 365 g/mol. The van der Waals surface area contributed by atoms with Gasteiger partial charge in [0.2, 0.25) is 0 Å². The normalized spacial score (nSPS) is 22.4. The van der Waals surface area contributed by atoms with Crippen LogP contribution < -0.4 is 20.3 Å². The molecule has 4 rings (SSSR count). The Labute approximate surface area is 162 Å². The summed E-state index contributed by atoms with van der Waals surface area (Å²) in [5.74, 6) is 0.995. The minimum absolute atomic E-state index is 0.370. The summed E-state index contributed by atoms with van der Waals surface area (Å²) >= 11 is 0. The highest BCUT2D eigenvalue weighted by atomic mass is 16.5. The van der Waals surface area contributed by atoms with E-state index in [1.807, 2.05) is 0 Å². The molecule has 0 spiro atoms. The van der Waals surface area contributed by atoms with Crippen LogP contribution in [0.1, 0.15) is 42.0 Å². The molecule has 4 heteroatoms. The summed E-state index contributed by atoms with van der Waals surface area (Å²) in [7, 11) is 3.95. The van der Waals surface area contributed by atoms with Crippen molar-refractivity contribution in [3.05, 3.63) is 59.2 Å². The molecule has 0 aliphatic carbocycles. The van der Waals surface area contributed by atoms with E-state index >= 15 is 0 Å². The average Bonchev–Trinajstić information content (AvgIpc) is 2.73. The summed E-state index contributed by atoms with van der Waals surface area (Å²) in [6.45, 7) is 3.06. The number of methoxy groups -OCH3 is 1. The van der Waals surface area contributed by atoms with Crippen LogP contribution in [0.5, 0.6) is 5.75 Å². The van der Waals surface area contributed by atoms with Gasteiger partial charge in [0.1, 0.15) is 5.75 Å². The van der Waals surface area contributed by atoms with E-state index in [4.69, 9.17) is 4.74 Å². The molecular weight excluding hydrogens is 334 g/mol. The zero-order chi connectivity index (χ0) is 18.6. The number of ether oxygens (including phenoxy) is 1. The molecule has 1 saturated heterocycles. The average molecular weight is 366 g/mol. The van der Waals surface area contributed by atoms with Gasteiger partial charge in [-0.1, -0.05) is 30.3 Å². The van der Waals surface area contributed by atoms with Gasteiger partial charge in [0.05, 0.1) is 7.11 Å². The molecule has 2 atom stereocenters. The number of hydrogen-bond donors (Lipinski definition) is 2. The van der Waals surface area contributed by atoms with Crippen molar-refractivity contribution in [2.24, 2.45) is 0 Å². The number of nitrogens with zero attached hydrogens (tertiary/aromatic N) is 1. The van der Waals surface area contributed by atoms with Gasteiger partial charge in [-0.15, -0.1) is 0 Å². The molecule has 0 amide bonds. The molecule has 27 heavy (non-hydrogen) atoms. The molecule has 2 unspecified atom stereocenters. The predicted molar refractivity (Wildman–Crippen MR) is 112 cm³/mol. The smallest absolute Gasteiger partial charge is 0.125 e. The Balaban J connectivity index is 1.52. The number of hydrogen-bond acceptors (Lipinski definition) is 4. The van der Waals surface area contributed by atoms with Crippen molar-refractivity contribution in [1.82, 2.24) is 10.6 Å². The van der Waals surface area contributed by atoms with E-state index in [2.05, 4.69) is 65.0 Å². The Kier molecular flexibility index (Phi) is 5.65. The lowest BCUT2D eigenvalue weighted by Gasteiger charge is -2.34. The number of benzene rings is 2. The van der Waals surface area contributed by atoms with E-state index in [0.29, 0.717) is 12.1 Å². The van der Waals surface area contributed by atoms with Crippen molar-refractivity contribution in [3.63, 3.8) is 0 Å². The van der Waals surface area contributed by atoms with Crippen LogP contribution in [-0.2, 0) is 13.0 Å². The zero-order valence-electron chi connectivity index (χ0n) is 16.5. The van der Waals surface area contributed by atoms with Crippen LogP contribution in [0.2, 0.25) is 0 Å². The second kappa shape index (κ2) is 8.32. The van der Waals surface area contributed by atoms with Gasteiger partial charge in [0.25, 0.3) is 0 Å². The summed E-state index contributed by atoms with van der Waals surface area (Å²) in [5.41, 5.74) is 5.41. The Hall–Kier alpha value is -2.04. The lowest BCUT2D eigenvalue weighted by molar-refractivity contribution is 0.303. The van der Waals surface area contributed by atoms with Crippen LogP contribution in [0.25, 0.3) is 0 Å². The lowest BCUT2D eigenvalue weighted by Crippen LogP contribution is -2.45. The second-order valence-electron chi connectivity index (χ2n) is 7.79. The summed E-state index contributed by atoms with van der Waals surface area (Å²) in [5, 5.41) is 7.53. The molecule has 2 aromatic rings. The van der Waals surface area contributed by atoms with Gasteiger partial charge in [0, 0.05) is 49.5 Å². The van der Waals surface area contributed by atoms with Gasteiger partial charge in [-0.2, -0.15) is 0 Å². The molecule has 2 aliphatic rings. The first kappa shape index (κ1) is 18.3. The fourth-order valence-electron chi connectivity index (χ4n) is 4.54. The number of rotatable bonds is 5. The van der Waals surface area contributed by atoms with Crippen molar-refractivity contribution in [2.75, 3.05) is 32.1 Å². The van der Waals surface area contributed by atoms with Crippen LogP contribution >= 0.6 is 0 Å². The van der Waals surface area contributed by atoms with Crippen molar-refractivity contribution in [1.29, 1.82) is 0 Å². The van der Waals surface area contributed by atoms with Gasteiger partial charge in [0.15, 0.2) is 0 Å². The van der Waals surface area contributed by atoms with Crippen LogP contribution in [0.3, 0.4) is 0 Å². The molecular formula is C23H31N3O. The Bertz CT molecular complexity index is 762. The molecule has 0 saturated carbocycles. The minimum Gasteiger partial charge on any atom is -0.496 e. The molecule has 2 aliphatic heterocycles. The first-order valence-corrected chi connectivity index (χ1v) is 10.2. The van der Waals surface area contributed by atoms with E-state index in [9.17, 15) is 0 Å². The topological polar surface area (TPSA) is 36.5 Å². The summed E-state index contributed by atoms with van der Waals surface area (Å²) in [6.07, 6.45) is 4.80. The molecule has 0 radical (unpaired) electrons. The van der Waals surface area contributed by atoms with Crippen molar-refractivity contribution in [3.8, 4) is 5.75 Å². The number of anilines is 1. The first-order chi connectivity index (χ1) is 13.3. The predicted octanol–water partition coefficient (Wildman–Crippen LogP) is 3.66. The molecule has 4 nitrogen and oxygen atoms in total. The van der Waals surface area contributed by atoms with Gasteiger partial charge in [-0.3, -0.25) is 0 Å². The minimum atomic E-state index is 0.370. The number of piperidine rings is 1. The van der Waals surface area contributed by atoms with E-state index in [-0.39, 0.29) is 0 Å². The fourth-order valence-corrected chi connectivity index (χ4v) is 4.54. The van der Waals surface area contributed by atoms with E-state index < -0.39 is 0 Å². The summed E-state index contributed by atoms with van der Waals surface area (Å²) in [6, 6.07) is 16.2. The quantitative estimate of drug-likeness (QED) is 0.848. The fraction of sp³-hybridized carbons (Fsp3) is 0.478. The Morgan fingerprint density at radius 1 is 1.19 bits per heavy atom. The molecule has 144 valence electrons. The highest BCUT2D eigenvalue weighted by Crippen LogP contribution is 2.33. The lowest BCUT2D eigenvalue weighted by atomic mass is 9.92. The maximum atomic E-state index is 5.73. The van der Waals surface area contributed by atoms with Gasteiger partial charge in [-0.25, -0.2) is 0 Å². The van der Waals surface area contributed by atoms with Gasteiger partial charge < -0.3 is 20.3 Å². The second-order valence-corrected chi connectivity index (χ2v) is 7.79. The standard InChI is InChI=1S/C23H31N3O/c1-26-13-7-10-18-14-19(22(27-2)15-21(18)26)16-25-20-11-6-12-24-23(20)17-8-4-3-5-9-17/h3-5,8-9,14-15,20,23-25H,6-7,10-13,16H2,1-2H3. The third-order valence-electron chi connectivity index (χ3n) is 6.00. The highest BCUT2D eigenvalue weighted by Gasteiger charge is 2.26. The number of aryl methyl sites for hydroxylation is 1. The Morgan fingerprint density at radius 2 is 2.04 bits per heavy atom. The first-order valence-electron chi connectivity index (χ1n) is 10.2. The SMILES string of the molecule is COc1cc2c(cc1CNC1CCCNC1c1ccccc1)CCCN2C. The van der Waals surface area contributed by atoms with Crippen LogP contribution in [0.4, 0.5) is 5.69 Å². The maximum Gasteiger partial charge on any atom is 0.125 e. The third kappa shape index (κ3) is 3.97. The molecule has 1 fully saturated rings. The molecule has 0 aromatic heterocycles. The number of fused-ring (bicyclic) bond motifs is 1. The van der Waals surface area contributed by atoms with Crippen molar-refractivity contribution >= 4 is 5.69 Å². The Morgan fingerprint density at radius 3 is 2.85 bits per heavy atom. The molecule has 2 N–H and O–H groups in total.